The van der Waals surface area contributed by atoms with Crippen molar-refractivity contribution in [3.63, 3.8) is 0 Å². The summed E-state index contributed by atoms with van der Waals surface area (Å²) < 4.78 is 0. The molecular formula is C9H11N3O. The lowest BCUT2D eigenvalue weighted by Crippen LogP contribution is -2.22. The fraction of sp³-hybridized carbons (Fsp3) is 0.222. The molecular weight excluding hydrogens is 166 g/mol. The van der Waals surface area contributed by atoms with Crippen LogP contribution in [0.3, 0.4) is 0 Å². The van der Waals surface area contributed by atoms with Gasteiger partial charge in [-0.05, 0) is 12.5 Å². The van der Waals surface area contributed by atoms with Gasteiger partial charge in [-0.2, -0.15) is 5.53 Å². The Morgan fingerprint density at radius 2 is 2.08 bits per heavy atom. The number of hydrogen-bond acceptors (Lipinski definition) is 3. The number of carbonyl (C=O) groups is 1. The predicted molar refractivity (Wildman–Crippen MR) is 48.1 cm³/mol. The average molecular weight is 177 g/mol. The van der Waals surface area contributed by atoms with Crippen molar-refractivity contribution in [2.45, 2.75) is 12.8 Å². The first kappa shape index (κ1) is 9.38. The summed E-state index contributed by atoms with van der Waals surface area (Å²) in [6, 6.07) is 9.37. The molecule has 0 saturated carbocycles. The van der Waals surface area contributed by atoms with Crippen molar-refractivity contribution in [2.24, 2.45) is 5.22 Å². The van der Waals surface area contributed by atoms with Crippen molar-refractivity contribution in [3.8, 4) is 0 Å². The number of benzene rings is 1. The first-order valence-electron chi connectivity index (χ1n) is 3.97. The summed E-state index contributed by atoms with van der Waals surface area (Å²) in [5.41, 5.74) is 9.50. The number of hydrogen-bond donors (Lipinski definition) is 2. The van der Waals surface area contributed by atoms with Crippen LogP contribution in [0.15, 0.2) is 35.6 Å². The second-order valence-electron chi connectivity index (χ2n) is 2.72. The minimum absolute atomic E-state index is 0.263. The molecule has 0 aliphatic rings. The van der Waals surface area contributed by atoms with E-state index < -0.39 is 0 Å². The molecule has 1 amide bonds. The topological polar surface area (TPSA) is 65.3 Å². The van der Waals surface area contributed by atoms with E-state index >= 15 is 0 Å². The van der Waals surface area contributed by atoms with Gasteiger partial charge < -0.3 is 0 Å². The fourth-order valence-electron chi connectivity index (χ4n) is 1.05. The Hall–Kier alpha value is -1.71. The van der Waals surface area contributed by atoms with Crippen molar-refractivity contribution >= 4 is 5.91 Å². The van der Waals surface area contributed by atoms with Crippen molar-refractivity contribution in [3.05, 3.63) is 35.9 Å². The molecule has 0 saturated heterocycles. The molecule has 0 radical (unpaired) electrons. The van der Waals surface area contributed by atoms with Gasteiger partial charge in [-0.1, -0.05) is 35.6 Å². The average Bonchev–Trinajstić information content (AvgIpc) is 2.18. The van der Waals surface area contributed by atoms with Crippen LogP contribution in [0.4, 0.5) is 0 Å². The molecule has 1 rings (SSSR count). The standard InChI is InChI=1S/C9H11N3O/c1-7(9(13)11-12-10)8-5-3-2-4-6-8/h2-7H,1H3,(H2,10,11,13)/t7-/m0/s1. The van der Waals surface area contributed by atoms with Gasteiger partial charge in [-0.25, -0.2) is 5.43 Å². The highest BCUT2D eigenvalue weighted by Crippen LogP contribution is 2.13. The number of carbonyl (C=O) groups excluding carboxylic acids is 1. The maximum Gasteiger partial charge on any atom is 0.248 e. The smallest absolute Gasteiger partial charge is 0.248 e. The van der Waals surface area contributed by atoms with E-state index in [4.69, 9.17) is 5.53 Å². The van der Waals surface area contributed by atoms with E-state index in [1.807, 2.05) is 30.3 Å². The number of nitrogens with one attached hydrogen (secondary N) is 2. The zero-order chi connectivity index (χ0) is 9.68. The Morgan fingerprint density at radius 1 is 1.46 bits per heavy atom. The molecule has 4 heteroatoms. The van der Waals surface area contributed by atoms with Crippen LogP contribution >= 0.6 is 0 Å². The van der Waals surface area contributed by atoms with Crippen LogP contribution in [0.2, 0.25) is 0 Å². The predicted octanol–water partition coefficient (Wildman–Crippen LogP) is 1.85. The van der Waals surface area contributed by atoms with Crippen molar-refractivity contribution in [2.75, 3.05) is 0 Å². The van der Waals surface area contributed by atoms with Crippen LogP contribution < -0.4 is 5.43 Å². The zero-order valence-corrected chi connectivity index (χ0v) is 7.32. The largest absolute Gasteiger partial charge is 0.272 e. The van der Waals surface area contributed by atoms with E-state index in [-0.39, 0.29) is 11.8 Å². The molecule has 2 N–H and O–H groups in total. The van der Waals surface area contributed by atoms with Crippen LogP contribution in [0.25, 0.3) is 0 Å². The van der Waals surface area contributed by atoms with E-state index in [1.165, 1.54) is 0 Å². The third kappa shape index (κ3) is 2.37. The van der Waals surface area contributed by atoms with E-state index in [0.29, 0.717) is 0 Å². The summed E-state index contributed by atoms with van der Waals surface area (Å²) in [6.45, 7) is 1.77. The normalized spacial score (nSPS) is 11.8. The highest BCUT2D eigenvalue weighted by molar-refractivity contribution is 5.82. The van der Waals surface area contributed by atoms with Gasteiger partial charge in [-0.3, -0.25) is 4.79 Å². The molecule has 1 aromatic carbocycles. The molecule has 0 heterocycles. The highest BCUT2D eigenvalue weighted by Gasteiger charge is 2.13. The molecule has 68 valence electrons. The van der Waals surface area contributed by atoms with Gasteiger partial charge in [0.1, 0.15) is 0 Å². The Balaban J connectivity index is 2.73. The van der Waals surface area contributed by atoms with Crippen LogP contribution in [0.1, 0.15) is 18.4 Å². The first-order valence-corrected chi connectivity index (χ1v) is 3.97. The van der Waals surface area contributed by atoms with Gasteiger partial charge in [0.2, 0.25) is 5.91 Å². The number of rotatable bonds is 3. The second kappa shape index (κ2) is 4.35. The summed E-state index contributed by atoms with van der Waals surface area (Å²) in [7, 11) is 0. The van der Waals surface area contributed by atoms with Crippen molar-refractivity contribution < 1.29 is 4.79 Å². The molecule has 0 spiro atoms. The van der Waals surface area contributed by atoms with Crippen LogP contribution in [-0.2, 0) is 4.79 Å². The summed E-state index contributed by atoms with van der Waals surface area (Å²) in [4.78, 5) is 11.2. The fourth-order valence-corrected chi connectivity index (χ4v) is 1.05. The Labute approximate surface area is 76.4 Å². The maximum absolute atomic E-state index is 11.2. The summed E-state index contributed by atoms with van der Waals surface area (Å²) in [5.74, 6) is -0.531. The minimum Gasteiger partial charge on any atom is -0.272 e. The van der Waals surface area contributed by atoms with E-state index in [1.54, 1.807) is 6.92 Å². The molecule has 0 unspecified atom stereocenters. The lowest BCUT2D eigenvalue weighted by molar-refractivity contribution is -0.122. The second-order valence-corrected chi connectivity index (χ2v) is 2.72. The molecule has 1 aromatic rings. The minimum atomic E-state index is -0.268. The lowest BCUT2D eigenvalue weighted by Gasteiger charge is -2.08. The third-order valence-electron chi connectivity index (χ3n) is 1.86. The van der Waals surface area contributed by atoms with Gasteiger partial charge in [0, 0.05) is 0 Å². The molecule has 0 aliphatic carbocycles. The monoisotopic (exact) mass is 177 g/mol. The van der Waals surface area contributed by atoms with E-state index in [0.717, 1.165) is 5.56 Å². The molecule has 4 nitrogen and oxygen atoms in total. The zero-order valence-electron chi connectivity index (χ0n) is 7.32. The van der Waals surface area contributed by atoms with Crippen LogP contribution in [-0.4, -0.2) is 5.91 Å². The Bertz CT molecular complexity index is 297. The summed E-state index contributed by atoms with van der Waals surface area (Å²) in [6.07, 6.45) is 0. The number of nitrogens with zero attached hydrogens (tertiary/aromatic N) is 1. The van der Waals surface area contributed by atoms with Gasteiger partial charge in [0.05, 0.1) is 5.92 Å². The van der Waals surface area contributed by atoms with E-state index in [2.05, 4.69) is 10.6 Å². The van der Waals surface area contributed by atoms with Gasteiger partial charge >= 0.3 is 0 Å². The highest BCUT2D eigenvalue weighted by atomic mass is 16.2. The Kier molecular flexibility index (Phi) is 3.14. The summed E-state index contributed by atoms with van der Waals surface area (Å²) >= 11 is 0. The van der Waals surface area contributed by atoms with E-state index in [9.17, 15) is 4.79 Å². The molecule has 13 heavy (non-hydrogen) atoms. The molecule has 0 aromatic heterocycles. The third-order valence-corrected chi connectivity index (χ3v) is 1.86. The number of amides is 1. The molecule has 0 aliphatic heterocycles. The van der Waals surface area contributed by atoms with Crippen molar-refractivity contribution in [1.29, 1.82) is 5.53 Å². The quantitative estimate of drug-likeness (QED) is 0.537. The van der Waals surface area contributed by atoms with Crippen LogP contribution in [0.5, 0.6) is 0 Å². The van der Waals surface area contributed by atoms with Crippen LogP contribution in [0, 0.1) is 5.53 Å². The SMILES string of the molecule is C[C@H](C(=O)NN=N)c1ccccc1. The maximum atomic E-state index is 11.2. The van der Waals surface area contributed by atoms with Crippen molar-refractivity contribution in [1.82, 2.24) is 5.43 Å². The van der Waals surface area contributed by atoms with Gasteiger partial charge in [0.15, 0.2) is 0 Å². The molecule has 1 atom stereocenters. The molecule has 0 bridgehead atoms. The summed E-state index contributed by atoms with van der Waals surface area (Å²) in [5, 5.41) is 2.83. The lowest BCUT2D eigenvalue weighted by atomic mass is 10.0. The Morgan fingerprint density at radius 3 is 2.62 bits per heavy atom. The van der Waals surface area contributed by atoms with Gasteiger partial charge in [-0.15, -0.1) is 0 Å². The first-order chi connectivity index (χ1) is 6.25. The van der Waals surface area contributed by atoms with Gasteiger partial charge in [0.25, 0.3) is 0 Å². The molecule has 0 fully saturated rings.